The van der Waals surface area contributed by atoms with Crippen molar-refractivity contribution in [1.29, 1.82) is 0 Å². The molecule has 0 aliphatic rings. The largest absolute Gasteiger partial charge is 0.508 e. The first kappa shape index (κ1) is 13.9. The first-order chi connectivity index (χ1) is 10.7. The monoisotopic (exact) mass is 289 g/mol. The molecule has 22 heavy (non-hydrogen) atoms. The highest BCUT2D eigenvalue weighted by Gasteiger charge is 2.02. The lowest BCUT2D eigenvalue weighted by Crippen LogP contribution is -1.85. The standard InChI is InChI=1S/C19H15NO2/c21-18-9-7-17(8-10-18)20-13-16-12-15(6-11-19(16)22)14-4-2-1-3-5-14/h1-13,21-22H. The van der Waals surface area contributed by atoms with Crippen molar-refractivity contribution in [3.63, 3.8) is 0 Å². The molecule has 0 saturated heterocycles. The van der Waals surface area contributed by atoms with E-state index in [1.165, 1.54) is 0 Å². The molecule has 0 amide bonds. The van der Waals surface area contributed by atoms with E-state index in [4.69, 9.17) is 0 Å². The molecule has 3 aromatic rings. The van der Waals surface area contributed by atoms with E-state index in [0.29, 0.717) is 11.3 Å². The van der Waals surface area contributed by atoms with Gasteiger partial charge in [-0.2, -0.15) is 0 Å². The number of phenolic OH excluding ortho intramolecular Hbond substituents is 2. The molecular weight excluding hydrogens is 274 g/mol. The molecule has 0 aliphatic heterocycles. The number of aliphatic imine (C=N–C) groups is 1. The minimum absolute atomic E-state index is 0.183. The molecule has 0 saturated carbocycles. The number of phenols is 2. The van der Waals surface area contributed by atoms with Gasteiger partial charge in [0.15, 0.2) is 0 Å². The molecule has 0 heterocycles. The zero-order valence-corrected chi connectivity index (χ0v) is 11.8. The maximum Gasteiger partial charge on any atom is 0.124 e. The molecule has 108 valence electrons. The van der Waals surface area contributed by atoms with Crippen molar-refractivity contribution in [2.45, 2.75) is 0 Å². The first-order valence-corrected chi connectivity index (χ1v) is 6.94. The molecule has 3 rings (SSSR count). The Hall–Kier alpha value is -3.07. The molecular formula is C19H15NO2. The quantitative estimate of drug-likeness (QED) is 0.697. The number of rotatable bonds is 3. The normalized spacial score (nSPS) is 10.9. The Morgan fingerprint density at radius 2 is 1.45 bits per heavy atom. The summed E-state index contributed by atoms with van der Waals surface area (Å²) in [5, 5.41) is 19.2. The van der Waals surface area contributed by atoms with Crippen molar-refractivity contribution >= 4 is 11.9 Å². The van der Waals surface area contributed by atoms with Crippen LogP contribution in [0.4, 0.5) is 5.69 Å². The number of hydrogen-bond acceptors (Lipinski definition) is 3. The lowest BCUT2D eigenvalue weighted by atomic mass is 10.0. The van der Waals surface area contributed by atoms with E-state index in [-0.39, 0.29) is 11.5 Å². The highest BCUT2D eigenvalue weighted by atomic mass is 16.3. The average molecular weight is 289 g/mol. The molecule has 3 nitrogen and oxygen atoms in total. The summed E-state index contributed by atoms with van der Waals surface area (Å²) >= 11 is 0. The van der Waals surface area contributed by atoms with Gasteiger partial charge in [-0.15, -0.1) is 0 Å². The summed E-state index contributed by atoms with van der Waals surface area (Å²) in [6.45, 7) is 0. The highest BCUT2D eigenvalue weighted by Crippen LogP contribution is 2.25. The first-order valence-electron chi connectivity index (χ1n) is 6.94. The van der Waals surface area contributed by atoms with Crippen molar-refractivity contribution in [2.75, 3.05) is 0 Å². The number of nitrogens with zero attached hydrogens (tertiary/aromatic N) is 1. The summed E-state index contributed by atoms with van der Waals surface area (Å²) in [5.74, 6) is 0.384. The van der Waals surface area contributed by atoms with Crippen LogP contribution in [0.1, 0.15) is 5.56 Å². The van der Waals surface area contributed by atoms with Crippen LogP contribution in [0, 0.1) is 0 Å². The topological polar surface area (TPSA) is 52.8 Å². The molecule has 0 unspecified atom stereocenters. The van der Waals surface area contributed by atoms with Crippen molar-refractivity contribution < 1.29 is 10.2 Å². The second kappa shape index (κ2) is 6.14. The third-order valence-corrected chi connectivity index (χ3v) is 3.34. The van der Waals surface area contributed by atoms with E-state index in [0.717, 1.165) is 11.1 Å². The van der Waals surface area contributed by atoms with E-state index in [2.05, 4.69) is 4.99 Å². The Morgan fingerprint density at radius 3 is 2.18 bits per heavy atom. The summed E-state index contributed by atoms with van der Waals surface area (Å²) in [5.41, 5.74) is 3.46. The van der Waals surface area contributed by atoms with Gasteiger partial charge in [0.05, 0.1) is 5.69 Å². The van der Waals surface area contributed by atoms with Gasteiger partial charge in [0.25, 0.3) is 0 Å². The van der Waals surface area contributed by atoms with Crippen LogP contribution in [0.3, 0.4) is 0 Å². The lowest BCUT2D eigenvalue weighted by molar-refractivity contribution is 0.474. The van der Waals surface area contributed by atoms with Crippen LogP contribution < -0.4 is 0 Å². The Morgan fingerprint density at radius 1 is 0.727 bits per heavy atom. The summed E-state index contributed by atoms with van der Waals surface area (Å²) in [6, 6.07) is 22.0. The summed E-state index contributed by atoms with van der Waals surface area (Å²) in [7, 11) is 0. The fraction of sp³-hybridized carbons (Fsp3) is 0. The third-order valence-electron chi connectivity index (χ3n) is 3.34. The average Bonchev–Trinajstić information content (AvgIpc) is 2.56. The Kier molecular flexibility index (Phi) is 3.88. The van der Waals surface area contributed by atoms with Gasteiger partial charge in [-0.1, -0.05) is 36.4 Å². The van der Waals surface area contributed by atoms with Gasteiger partial charge in [-0.05, 0) is 47.5 Å². The predicted octanol–water partition coefficient (Wildman–Crippen LogP) is 4.52. The maximum absolute atomic E-state index is 9.97. The third kappa shape index (κ3) is 3.15. The summed E-state index contributed by atoms with van der Waals surface area (Å²) < 4.78 is 0. The minimum Gasteiger partial charge on any atom is -0.508 e. The molecule has 0 bridgehead atoms. The van der Waals surface area contributed by atoms with Crippen LogP contribution in [0.15, 0.2) is 77.8 Å². The zero-order chi connectivity index (χ0) is 15.4. The lowest BCUT2D eigenvalue weighted by Gasteiger charge is -2.05. The van der Waals surface area contributed by atoms with Gasteiger partial charge >= 0.3 is 0 Å². The smallest absolute Gasteiger partial charge is 0.124 e. The van der Waals surface area contributed by atoms with Gasteiger partial charge < -0.3 is 10.2 Å². The van der Waals surface area contributed by atoms with E-state index < -0.39 is 0 Å². The number of benzene rings is 3. The Balaban J connectivity index is 1.92. The second-order valence-electron chi connectivity index (χ2n) is 4.91. The summed E-state index contributed by atoms with van der Waals surface area (Å²) in [6.07, 6.45) is 1.62. The molecule has 3 heteroatoms. The van der Waals surface area contributed by atoms with Crippen molar-refractivity contribution in [3.8, 4) is 22.6 Å². The molecule has 3 aromatic carbocycles. The molecule has 0 radical (unpaired) electrons. The van der Waals surface area contributed by atoms with Crippen molar-refractivity contribution in [3.05, 3.63) is 78.4 Å². The highest BCUT2D eigenvalue weighted by molar-refractivity contribution is 5.87. The van der Waals surface area contributed by atoms with Crippen molar-refractivity contribution in [1.82, 2.24) is 0 Å². The maximum atomic E-state index is 9.97. The number of hydrogen-bond donors (Lipinski definition) is 2. The van der Waals surface area contributed by atoms with Crippen LogP contribution >= 0.6 is 0 Å². The molecule has 0 spiro atoms. The van der Waals surface area contributed by atoms with Gasteiger partial charge in [0.1, 0.15) is 11.5 Å². The SMILES string of the molecule is Oc1ccc(N=Cc2cc(-c3ccccc3)ccc2O)cc1. The second-order valence-corrected chi connectivity index (χ2v) is 4.91. The predicted molar refractivity (Wildman–Crippen MR) is 88.9 cm³/mol. The van der Waals surface area contributed by atoms with E-state index in [1.54, 1.807) is 36.5 Å². The van der Waals surface area contributed by atoms with E-state index in [1.807, 2.05) is 42.5 Å². The zero-order valence-electron chi connectivity index (χ0n) is 11.8. The fourth-order valence-corrected chi connectivity index (χ4v) is 2.15. The summed E-state index contributed by atoms with van der Waals surface area (Å²) in [4.78, 5) is 4.32. The molecule has 2 N–H and O–H groups in total. The van der Waals surface area contributed by atoms with Gasteiger partial charge in [0, 0.05) is 11.8 Å². The molecule has 0 aliphatic carbocycles. The Labute approximate surface area is 128 Å². The van der Waals surface area contributed by atoms with Gasteiger partial charge in [0.2, 0.25) is 0 Å². The van der Waals surface area contributed by atoms with Crippen LogP contribution in [0.25, 0.3) is 11.1 Å². The number of aromatic hydroxyl groups is 2. The fourth-order valence-electron chi connectivity index (χ4n) is 2.15. The van der Waals surface area contributed by atoms with Gasteiger partial charge in [-0.3, -0.25) is 4.99 Å². The van der Waals surface area contributed by atoms with Crippen LogP contribution in [-0.4, -0.2) is 16.4 Å². The van der Waals surface area contributed by atoms with E-state index >= 15 is 0 Å². The van der Waals surface area contributed by atoms with Crippen molar-refractivity contribution in [2.24, 2.45) is 4.99 Å². The minimum atomic E-state index is 0.183. The van der Waals surface area contributed by atoms with E-state index in [9.17, 15) is 10.2 Å². The van der Waals surface area contributed by atoms with Gasteiger partial charge in [-0.25, -0.2) is 0 Å². The van der Waals surface area contributed by atoms with Crippen LogP contribution in [-0.2, 0) is 0 Å². The molecule has 0 fully saturated rings. The molecule has 0 atom stereocenters. The Bertz CT molecular complexity index is 793. The van der Waals surface area contributed by atoms with Crippen LogP contribution in [0.5, 0.6) is 11.5 Å². The molecule has 0 aromatic heterocycles. The van der Waals surface area contributed by atoms with Crippen LogP contribution in [0.2, 0.25) is 0 Å².